The Bertz CT molecular complexity index is 773. The van der Waals surface area contributed by atoms with E-state index >= 15 is 0 Å². The smallest absolute Gasteiger partial charge is 0.221 e. The molecule has 0 spiro atoms. The van der Waals surface area contributed by atoms with Gasteiger partial charge < -0.3 is 10.1 Å². The third-order valence-corrected chi connectivity index (χ3v) is 5.93. The van der Waals surface area contributed by atoms with E-state index < -0.39 is 0 Å². The summed E-state index contributed by atoms with van der Waals surface area (Å²) >= 11 is 0. The maximum absolute atomic E-state index is 11.0. The van der Waals surface area contributed by atoms with Gasteiger partial charge in [-0.2, -0.15) is 0 Å². The minimum atomic E-state index is -0.111. The van der Waals surface area contributed by atoms with Crippen LogP contribution in [0.15, 0.2) is 42.6 Å². The lowest BCUT2D eigenvalue weighted by molar-refractivity contribution is -0.114. The van der Waals surface area contributed by atoms with Crippen molar-refractivity contribution in [3.63, 3.8) is 0 Å². The standard InChI is InChI=1S/C21H24N2O2/c1-15(24)23-17-5-8-19(22-13-17)25-18-6-3-16(4-7-18)21-11-9-20(2,14-21)10-12-21/h3-8,13H,9-12,14H2,1-2H3,(H,23,24). The summed E-state index contributed by atoms with van der Waals surface area (Å²) in [6.07, 6.45) is 8.27. The van der Waals surface area contributed by atoms with Crippen LogP contribution in [0.4, 0.5) is 5.69 Å². The van der Waals surface area contributed by atoms with Crippen LogP contribution in [0, 0.1) is 5.41 Å². The van der Waals surface area contributed by atoms with Crippen molar-refractivity contribution in [1.29, 1.82) is 0 Å². The van der Waals surface area contributed by atoms with E-state index in [1.54, 1.807) is 18.3 Å². The first-order valence-corrected chi connectivity index (χ1v) is 8.99. The third kappa shape index (κ3) is 3.13. The molecule has 1 N–H and O–H groups in total. The van der Waals surface area contributed by atoms with E-state index in [4.69, 9.17) is 4.74 Å². The summed E-state index contributed by atoms with van der Waals surface area (Å²) in [6.45, 7) is 3.91. The molecule has 1 amide bonds. The van der Waals surface area contributed by atoms with Crippen LogP contribution in [0.1, 0.15) is 51.5 Å². The lowest BCUT2D eigenvalue weighted by atomic mass is 9.77. The fourth-order valence-electron chi connectivity index (χ4n) is 4.61. The molecule has 0 aliphatic heterocycles. The fraction of sp³-hybridized carbons (Fsp3) is 0.429. The molecule has 2 bridgehead atoms. The van der Waals surface area contributed by atoms with Crippen LogP contribution in [-0.2, 0) is 10.2 Å². The minimum Gasteiger partial charge on any atom is -0.439 e. The Morgan fingerprint density at radius 3 is 2.32 bits per heavy atom. The van der Waals surface area contributed by atoms with Gasteiger partial charge in [0.1, 0.15) is 5.75 Å². The maximum atomic E-state index is 11.0. The first-order chi connectivity index (χ1) is 12.0. The predicted octanol–water partition coefficient (Wildman–Crippen LogP) is 5.05. The number of rotatable bonds is 4. The van der Waals surface area contributed by atoms with Crippen LogP contribution in [0.5, 0.6) is 11.6 Å². The van der Waals surface area contributed by atoms with Gasteiger partial charge in [-0.25, -0.2) is 4.98 Å². The summed E-state index contributed by atoms with van der Waals surface area (Å²) in [7, 11) is 0. The largest absolute Gasteiger partial charge is 0.439 e. The van der Waals surface area contributed by atoms with E-state index in [1.165, 1.54) is 44.6 Å². The van der Waals surface area contributed by atoms with E-state index in [-0.39, 0.29) is 5.91 Å². The van der Waals surface area contributed by atoms with Crippen molar-refractivity contribution in [1.82, 2.24) is 4.98 Å². The van der Waals surface area contributed by atoms with Crippen molar-refractivity contribution in [2.24, 2.45) is 5.41 Å². The highest BCUT2D eigenvalue weighted by Crippen LogP contribution is 2.62. The van der Waals surface area contributed by atoms with Crippen LogP contribution in [0.3, 0.4) is 0 Å². The number of amides is 1. The van der Waals surface area contributed by atoms with Gasteiger partial charge >= 0.3 is 0 Å². The van der Waals surface area contributed by atoms with Gasteiger partial charge in [0.05, 0.1) is 11.9 Å². The molecule has 1 aromatic carbocycles. The zero-order valence-electron chi connectivity index (χ0n) is 14.8. The van der Waals surface area contributed by atoms with E-state index in [0.717, 1.165) is 5.75 Å². The maximum Gasteiger partial charge on any atom is 0.221 e. The summed E-state index contributed by atoms with van der Waals surface area (Å²) < 4.78 is 5.83. The molecule has 4 nitrogen and oxygen atoms in total. The number of fused-ring (bicyclic) bond motifs is 2. The highest BCUT2D eigenvalue weighted by atomic mass is 16.5. The molecule has 2 fully saturated rings. The van der Waals surface area contributed by atoms with Crippen LogP contribution >= 0.6 is 0 Å². The van der Waals surface area contributed by atoms with Crippen molar-refractivity contribution in [2.45, 2.75) is 51.4 Å². The third-order valence-electron chi connectivity index (χ3n) is 5.93. The molecular weight excluding hydrogens is 312 g/mol. The van der Waals surface area contributed by atoms with Crippen LogP contribution in [-0.4, -0.2) is 10.9 Å². The van der Waals surface area contributed by atoms with E-state index in [0.29, 0.717) is 22.4 Å². The molecular formula is C21H24N2O2. The number of pyridine rings is 1. The summed E-state index contributed by atoms with van der Waals surface area (Å²) in [5, 5.41) is 2.70. The SMILES string of the molecule is CC(=O)Nc1ccc(Oc2ccc(C34CCC(C)(CC3)C4)cc2)nc1. The number of ether oxygens (including phenoxy) is 1. The number of aromatic nitrogens is 1. The fourth-order valence-corrected chi connectivity index (χ4v) is 4.61. The van der Waals surface area contributed by atoms with Crippen molar-refractivity contribution in [3.05, 3.63) is 48.2 Å². The Labute approximate surface area is 148 Å². The molecule has 4 heteroatoms. The van der Waals surface area contributed by atoms with Gasteiger partial charge in [0, 0.05) is 13.0 Å². The molecule has 4 rings (SSSR count). The van der Waals surface area contributed by atoms with Crippen LogP contribution in [0.2, 0.25) is 0 Å². The predicted molar refractivity (Wildman–Crippen MR) is 97.9 cm³/mol. The Morgan fingerprint density at radius 2 is 1.80 bits per heavy atom. The molecule has 2 saturated carbocycles. The zero-order valence-corrected chi connectivity index (χ0v) is 14.8. The van der Waals surface area contributed by atoms with Crippen molar-refractivity contribution >= 4 is 11.6 Å². The molecule has 2 aromatic rings. The average Bonchev–Trinajstić information content (AvgIpc) is 3.12. The number of carbonyl (C=O) groups is 1. The number of carbonyl (C=O) groups excluding carboxylic acids is 1. The number of nitrogens with zero attached hydrogens (tertiary/aromatic N) is 1. The van der Waals surface area contributed by atoms with Gasteiger partial charge in [0.25, 0.3) is 0 Å². The Kier molecular flexibility index (Phi) is 3.78. The van der Waals surface area contributed by atoms with Crippen molar-refractivity contribution in [3.8, 4) is 11.6 Å². The van der Waals surface area contributed by atoms with Gasteiger partial charge in [-0.1, -0.05) is 19.1 Å². The quantitative estimate of drug-likeness (QED) is 0.849. The lowest BCUT2D eigenvalue weighted by Crippen LogP contribution is -2.19. The first kappa shape index (κ1) is 16.1. The first-order valence-electron chi connectivity index (χ1n) is 8.99. The second kappa shape index (κ2) is 5.87. The molecule has 25 heavy (non-hydrogen) atoms. The molecule has 2 aliphatic rings. The molecule has 0 saturated heterocycles. The summed E-state index contributed by atoms with van der Waals surface area (Å²) in [5.41, 5.74) is 3.08. The van der Waals surface area contributed by atoms with Gasteiger partial charge in [-0.05, 0) is 66.7 Å². The van der Waals surface area contributed by atoms with Crippen molar-refractivity contribution < 1.29 is 9.53 Å². The van der Waals surface area contributed by atoms with Crippen LogP contribution < -0.4 is 10.1 Å². The topological polar surface area (TPSA) is 51.2 Å². The molecule has 0 unspecified atom stereocenters. The summed E-state index contributed by atoms with van der Waals surface area (Å²) in [6, 6.07) is 12.1. The normalized spacial score (nSPS) is 27.3. The van der Waals surface area contributed by atoms with Crippen molar-refractivity contribution in [2.75, 3.05) is 5.32 Å². The van der Waals surface area contributed by atoms with Gasteiger partial charge in [0.15, 0.2) is 0 Å². The van der Waals surface area contributed by atoms with Gasteiger partial charge in [-0.3, -0.25) is 4.79 Å². The second-order valence-electron chi connectivity index (χ2n) is 7.96. The lowest BCUT2D eigenvalue weighted by Gasteiger charge is -2.27. The minimum absolute atomic E-state index is 0.111. The molecule has 0 radical (unpaired) electrons. The Hall–Kier alpha value is -2.36. The molecule has 130 valence electrons. The molecule has 1 heterocycles. The number of anilines is 1. The molecule has 2 aliphatic carbocycles. The van der Waals surface area contributed by atoms with Crippen LogP contribution in [0.25, 0.3) is 0 Å². The Balaban J connectivity index is 1.45. The molecule has 1 aromatic heterocycles. The number of benzene rings is 1. The molecule has 0 atom stereocenters. The van der Waals surface area contributed by atoms with E-state index in [1.807, 2.05) is 12.1 Å². The van der Waals surface area contributed by atoms with Gasteiger partial charge in [0.2, 0.25) is 11.8 Å². The highest BCUT2D eigenvalue weighted by molar-refractivity contribution is 5.88. The van der Waals surface area contributed by atoms with E-state index in [9.17, 15) is 4.79 Å². The highest BCUT2D eigenvalue weighted by Gasteiger charge is 2.52. The number of hydrogen-bond donors (Lipinski definition) is 1. The average molecular weight is 336 g/mol. The number of nitrogens with one attached hydrogen (secondary N) is 1. The zero-order chi connectivity index (χ0) is 17.5. The summed E-state index contributed by atoms with van der Waals surface area (Å²) in [4.78, 5) is 15.3. The Morgan fingerprint density at radius 1 is 1.08 bits per heavy atom. The summed E-state index contributed by atoms with van der Waals surface area (Å²) in [5.74, 6) is 1.20. The second-order valence-corrected chi connectivity index (χ2v) is 7.96. The van der Waals surface area contributed by atoms with E-state index in [2.05, 4.69) is 29.4 Å². The number of hydrogen-bond acceptors (Lipinski definition) is 3. The monoisotopic (exact) mass is 336 g/mol. The van der Waals surface area contributed by atoms with Gasteiger partial charge in [-0.15, -0.1) is 0 Å².